The minimum atomic E-state index is -0.172. The maximum Gasteiger partial charge on any atom is 0.286 e. The Morgan fingerprint density at radius 2 is 2.32 bits per heavy atom. The number of amidine groups is 1. The lowest BCUT2D eigenvalue weighted by molar-refractivity contribution is -0.113. The first kappa shape index (κ1) is 15.1. The number of fused-ring (bicyclic) bond motifs is 1. The number of nitrogens with zero attached hydrogens (tertiary/aromatic N) is 2. The van der Waals surface area contributed by atoms with Crippen molar-refractivity contribution in [3.05, 3.63) is 34.2 Å². The molecule has 0 radical (unpaired) electrons. The molecule has 2 aliphatic rings. The molecule has 1 amide bonds. The predicted molar refractivity (Wildman–Crippen MR) is 90.2 cm³/mol. The molecule has 0 spiro atoms. The summed E-state index contributed by atoms with van der Waals surface area (Å²) in [4.78, 5) is 18.8. The molecule has 6 heteroatoms. The Morgan fingerprint density at radius 1 is 1.45 bits per heavy atom. The van der Waals surface area contributed by atoms with Crippen molar-refractivity contribution in [1.82, 2.24) is 10.2 Å². The second kappa shape index (κ2) is 6.54. The number of hydrogen-bond acceptors (Lipinski definition) is 5. The minimum absolute atomic E-state index is 0.172. The summed E-state index contributed by atoms with van der Waals surface area (Å²) in [7, 11) is 4.03. The van der Waals surface area contributed by atoms with Crippen LogP contribution in [0.25, 0.3) is 6.08 Å². The zero-order valence-electron chi connectivity index (χ0n) is 12.8. The van der Waals surface area contributed by atoms with Crippen LogP contribution in [0.3, 0.4) is 0 Å². The Kier molecular flexibility index (Phi) is 4.49. The van der Waals surface area contributed by atoms with Gasteiger partial charge in [-0.3, -0.25) is 4.79 Å². The fourth-order valence-electron chi connectivity index (χ4n) is 2.32. The van der Waals surface area contributed by atoms with Crippen molar-refractivity contribution in [3.63, 3.8) is 0 Å². The van der Waals surface area contributed by atoms with Gasteiger partial charge in [0.1, 0.15) is 5.75 Å². The normalized spacial score (nSPS) is 18.6. The van der Waals surface area contributed by atoms with Crippen LogP contribution in [-0.4, -0.2) is 49.8 Å². The second-order valence-corrected chi connectivity index (χ2v) is 6.56. The largest absolute Gasteiger partial charge is 0.493 e. The highest BCUT2D eigenvalue weighted by Crippen LogP contribution is 2.30. The number of rotatable bonds is 4. The van der Waals surface area contributed by atoms with Gasteiger partial charge in [0.2, 0.25) is 0 Å². The maximum absolute atomic E-state index is 12.0. The molecule has 1 N–H and O–H groups in total. The van der Waals surface area contributed by atoms with Gasteiger partial charge in [-0.1, -0.05) is 6.07 Å². The van der Waals surface area contributed by atoms with Crippen LogP contribution in [0.15, 0.2) is 28.1 Å². The summed E-state index contributed by atoms with van der Waals surface area (Å²) >= 11 is 1.40. The third-order valence-electron chi connectivity index (χ3n) is 3.47. The molecule has 22 heavy (non-hydrogen) atoms. The van der Waals surface area contributed by atoms with Crippen LogP contribution >= 0.6 is 11.8 Å². The zero-order valence-corrected chi connectivity index (χ0v) is 13.6. The van der Waals surface area contributed by atoms with Crippen molar-refractivity contribution >= 4 is 28.9 Å². The van der Waals surface area contributed by atoms with Gasteiger partial charge in [0.05, 0.1) is 11.5 Å². The van der Waals surface area contributed by atoms with Crippen LogP contribution in [0, 0.1) is 0 Å². The molecular formula is C16H19N3O2S. The first-order valence-corrected chi connectivity index (χ1v) is 8.10. The molecule has 2 heterocycles. The van der Waals surface area contributed by atoms with Gasteiger partial charge in [-0.2, -0.15) is 4.99 Å². The van der Waals surface area contributed by atoms with E-state index in [2.05, 4.69) is 21.3 Å². The fraction of sp³-hybridized carbons (Fsp3) is 0.375. The fourth-order valence-corrected chi connectivity index (χ4v) is 3.16. The summed E-state index contributed by atoms with van der Waals surface area (Å²) < 4.78 is 5.50. The van der Waals surface area contributed by atoms with E-state index in [-0.39, 0.29) is 5.91 Å². The number of likely N-dealkylation sites (N-methyl/N-ethyl adjacent to an activating group) is 1. The highest BCUT2D eigenvalue weighted by Gasteiger charge is 2.22. The van der Waals surface area contributed by atoms with E-state index in [1.807, 2.05) is 32.3 Å². The Labute approximate surface area is 134 Å². The summed E-state index contributed by atoms with van der Waals surface area (Å²) in [5.41, 5.74) is 2.22. The Morgan fingerprint density at radius 3 is 3.14 bits per heavy atom. The van der Waals surface area contributed by atoms with Crippen LogP contribution in [0.2, 0.25) is 0 Å². The van der Waals surface area contributed by atoms with Crippen LogP contribution in [0.1, 0.15) is 11.1 Å². The molecule has 2 aliphatic heterocycles. The Hall–Kier alpha value is -1.79. The molecule has 0 bridgehead atoms. The number of hydrogen-bond donors (Lipinski definition) is 1. The number of benzene rings is 1. The maximum atomic E-state index is 12.0. The molecule has 0 aliphatic carbocycles. The highest BCUT2D eigenvalue weighted by atomic mass is 32.2. The first-order valence-electron chi connectivity index (χ1n) is 7.29. The summed E-state index contributed by atoms with van der Waals surface area (Å²) in [6, 6.07) is 6.03. The van der Waals surface area contributed by atoms with Crippen molar-refractivity contribution in [2.45, 2.75) is 6.42 Å². The van der Waals surface area contributed by atoms with Gasteiger partial charge < -0.3 is 15.0 Å². The lowest BCUT2D eigenvalue weighted by Gasteiger charge is -2.10. The van der Waals surface area contributed by atoms with Gasteiger partial charge in [0, 0.05) is 19.5 Å². The Balaban J connectivity index is 1.65. The van der Waals surface area contributed by atoms with Crippen molar-refractivity contribution in [3.8, 4) is 5.75 Å². The van der Waals surface area contributed by atoms with E-state index >= 15 is 0 Å². The standard InChI is InChI=1S/C16H19N3O2S/c1-19(2)7-6-17-16-18-15(20)14(22-16)10-11-3-4-13-12(9-11)5-8-21-13/h3-4,9-10H,5-8H2,1-2H3,(H,17,18,20)/b14-10-. The summed E-state index contributed by atoms with van der Waals surface area (Å²) in [5.74, 6) is 0.781. The topological polar surface area (TPSA) is 53.9 Å². The molecule has 0 fully saturated rings. The SMILES string of the molecule is CN(C)CCNC1=NC(=O)/C(=C/c2ccc3c(c2)CCO3)S1. The van der Waals surface area contributed by atoms with Gasteiger partial charge in [-0.25, -0.2) is 0 Å². The molecule has 0 saturated heterocycles. The average molecular weight is 317 g/mol. The third kappa shape index (κ3) is 3.51. The van der Waals surface area contributed by atoms with Gasteiger partial charge in [-0.05, 0) is 55.2 Å². The number of ether oxygens (including phenoxy) is 1. The van der Waals surface area contributed by atoms with Crippen LogP contribution in [0.5, 0.6) is 5.75 Å². The van der Waals surface area contributed by atoms with E-state index in [0.29, 0.717) is 10.1 Å². The Bertz CT molecular complexity index is 653. The lowest BCUT2D eigenvalue weighted by atomic mass is 10.1. The molecule has 0 atom stereocenters. The molecule has 1 aromatic rings. The van der Waals surface area contributed by atoms with Gasteiger partial charge in [0.25, 0.3) is 5.91 Å². The van der Waals surface area contributed by atoms with Crippen LogP contribution in [0.4, 0.5) is 0 Å². The van der Waals surface area contributed by atoms with Gasteiger partial charge in [-0.15, -0.1) is 0 Å². The molecule has 1 aromatic carbocycles. The van der Waals surface area contributed by atoms with Crippen molar-refractivity contribution in [2.24, 2.45) is 4.99 Å². The van der Waals surface area contributed by atoms with Gasteiger partial charge in [0.15, 0.2) is 5.17 Å². The minimum Gasteiger partial charge on any atom is -0.493 e. The van der Waals surface area contributed by atoms with E-state index in [1.54, 1.807) is 0 Å². The summed E-state index contributed by atoms with van der Waals surface area (Å²) in [6.45, 7) is 2.42. The van der Waals surface area contributed by atoms with E-state index in [1.165, 1.54) is 17.3 Å². The quantitative estimate of drug-likeness (QED) is 0.857. The van der Waals surface area contributed by atoms with E-state index in [9.17, 15) is 4.79 Å². The van der Waals surface area contributed by atoms with Crippen LogP contribution < -0.4 is 10.1 Å². The van der Waals surface area contributed by atoms with Crippen LogP contribution in [-0.2, 0) is 11.2 Å². The predicted octanol–water partition coefficient (Wildman–Crippen LogP) is 1.74. The molecule has 0 unspecified atom stereocenters. The molecule has 0 saturated carbocycles. The molecular weight excluding hydrogens is 298 g/mol. The molecule has 116 valence electrons. The monoisotopic (exact) mass is 317 g/mol. The van der Waals surface area contributed by atoms with Gasteiger partial charge >= 0.3 is 0 Å². The van der Waals surface area contributed by atoms with Crippen molar-refractivity contribution in [2.75, 3.05) is 33.8 Å². The number of carbonyl (C=O) groups is 1. The van der Waals surface area contributed by atoms with E-state index in [4.69, 9.17) is 4.74 Å². The van der Waals surface area contributed by atoms with E-state index in [0.717, 1.165) is 37.4 Å². The zero-order chi connectivity index (χ0) is 15.5. The molecule has 3 rings (SSSR count). The molecule has 5 nitrogen and oxygen atoms in total. The average Bonchev–Trinajstić information content (AvgIpc) is 3.05. The lowest BCUT2D eigenvalue weighted by Crippen LogP contribution is -2.29. The number of amides is 1. The van der Waals surface area contributed by atoms with E-state index < -0.39 is 0 Å². The highest BCUT2D eigenvalue weighted by molar-refractivity contribution is 8.18. The molecule has 0 aromatic heterocycles. The van der Waals surface area contributed by atoms with Crippen molar-refractivity contribution < 1.29 is 9.53 Å². The third-order valence-corrected chi connectivity index (χ3v) is 4.41. The smallest absolute Gasteiger partial charge is 0.286 e. The number of carbonyl (C=O) groups excluding carboxylic acids is 1. The van der Waals surface area contributed by atoms with Crippen molar-refractivity contribution in [1.29, 1.82) is 0 Å². The number of aliphatic imine (C=N–C) groups is 1. The number of nitrogens with one attached hydrogen (secondary N) is 1. The second-order valence-electron chi connectivity index (χ2n) is 5.53. The number of thioether (sulfide) groups is 1. The first-order chi connectivity index (χ1) is 10.6. The summed E-state index contributed by atoms with van der Waals surface area (Å²) in [5, 5.41) is 3.87. The summed E-state index contributed by atoms with van der Waals surface area (Å²) in [6.07, 6.45) is 2.83.